The van der Waals surface area contributed by atoms with Crippen LogP contribution in [0.3, 0.4) is 0 Å². The minimum Gasteiger partial charge on any atom is -0.386 e. The quantitative estimate of drug-likeness (QED) is 0.823. The molecule has 0 saturated carbocycles. The number of nitrogens with zero attached hydrogens (tertiary/aromatic N) is 1. The Morgan fingerprint density at radius 1 is 1.29 bits per heavy atom. The Morgan fingerprint density at radius 2 is 2.14 bits per heavy atom. The maximum absolute atomic E-state index is 5.81. The van der Waals surface area contributed by atoms with E-state index in [9.17, 15) is 0 Å². The van der Waals surface area contributed by atoms with Crippen LogP contribution in [0.15, 0.2) is 46.1 Å². The molecule has 1 aromatic carbocycles. The van der Waals surface area contributed by atoms with Gasteiger partial charge in [-0.05, 0) is 36.1 Å². The maximum Gasteiger partial charge on any atom is 0.121 e. The molecule has 3 rings (SSSR count). The van der Waals surface area contributed by atoms with Crippen molar-refractivity contribution in [1.82, 2.24) is 0 Å². The number of benzene rings is 1. The van der Waals surface area contributed by atoms with Crippen LogP contribution in [0.2, 0.25) is 0 Å². The van der Waals surface area contributed by atoms with Crippen LogP contribution in [0.5, 0.6) is 0 Å². The second-order valence-electron chi connectivity index (χ2n) is 5.21. The van der Waals surface area contributed by atoms with Gasteiger partial charge in [0.1, 0.15) is 18.0 Å². The summed E-state index contributed by atoms with van der Waals surface area (Å²) in [6, 6.07) is 10.1. The molecule has 1 unspecified atom stereocenters. The summed E-state index contributed by atoms with van der Waals surface area (Å²) in [5.74, 6) is 6.89. The summed E-state index contributed by atoms with van der Waals surface area (Å²) in [6.07, 6.45) is 0. The Hall–Kier alpha value is -2.09. The Kier molecular flexibility index (Phi) is 3.78. The average molecular weight is 296 g/mol. The standard InChI is InChI=1S/C17H16N2OS/c1-17(12-20-10-16(18)19-17)15-4-2-3-13(9-15)5-6-14-7-8-21-11-14/h2-4,7-9,11H,10,12H2,1H3,(H2,18,19). The van der Waals surface area contributed by atoms with Crippen LogP contribution < -0.4 is 5.73 Å². The molecule has 2 N–H and O–H groups in total. The number of thiophene rings is 1. The number of hydrogen-bond acceptors (Lipinski definition) is 4. The first-order valence-electron chi connectivity index (χ1n) is 6.72. The summed E-state index contributed by atoms with van der Waals surface area (Å²) in [5, 5.41) is 4.07. The normalized spacial score (nSPS) is 21.3. The molecule has 1 aromatic heterocycles. The van der Waals surface area contributed by atoms with Crippen LogP contribution in [-0.4, -0.2) is 19.0 Å². The van der Waals surface area contributed by atoms with Crippen LogP contribution >= 0.6 is 11.3 Å². The Bertz CT molecular complexity index is 725. The molecule has 1 atom stereocenters. The number of hydrogen-bond donors (Lipinski definition) is 1. The molecule has 106 valence electrons. The number of rotatable bonds is 1. The molecule has 1 aliphatic heterocycles. The van der Waals surface area contributed by atoms with E-state index in [0.29, 0.717) is 19.0 Å². The van der Waals surface area contributed by atoms with Crippen molar-refractivity contribution in [1.29, 1.82) is 0 Å². The molecule has 0 amide bonds. The van der Waals surface area contributed by atoms with Gasteiger partial charge in [-0.2, -0.15) is 11.3 Å². The predicted octanol–water partition coefficient (Wildman–Crippen LogP) is 2.75. The van der Waals surface area contributed by atoms with E-state index >= 15 is 0 Å². The first-order valence-corrected chi connectivity index (χ1v) is 7.67. The summed E-state index contributed by atoms with van der Waals surface area (Å²) in [5.41, 5.74) is 8.46. The monoisotopic (exact) mass is 296 g/mol. The molecule has 3 nitrogen and oxygen atoms in total. The Balaban J connectivity index is 1.92. The van der Waals surface area contributed by atoms with Crippen molar-refractivity contribution >= 4 is 17.2 Å². The SMILES string of the molecule is CC1(c2cccc(C#Cc3ccsc3)c2)COCC(N)=N1. The average Bonchev–Trinajstić information content (AvgIpc) is 2.99. The van der Waals surface area contributed by atoms with Crippen molar-refractivity contribution in [3.63, 3.8) is 0 Å². The van der Waals surface area contributed by atoms with Gasteiger partial charge in [-0.1, -0.05) is 24.0 Å². The van der Waals surface area contributed by atoms with Crippen LogP contribution in [0.25, 0.3) is 0 Å². The van der Waals surface area contributed by atoms with Gasteiger partial charge in [0.25, 0.3) is 0 Å². The van der Waals surface area contributed by atoms with Crippen molar-refractivity contribution in [3.05, 3.63) is 57.8 Å². The zero-order valence-electron chi connectivity index (χ0n) is 11.8. The molecule has 0 aliphatic carbocycles. The second-order valence-corrected chi connectivity index (χ2v) is 5.99. The fourth-order valence-electron chi connectivity index (χ4n) is 2.30. The molecule has 21 heavy (non-hydrogen) atoms. The minimum absolute atomic E-state index is 0.410. The fraction of sp³-hybridized carbons (Fsp3) is 0.235. The minimum atomic E-state index is -0.428. The van der Waals surface area contributed by atoms with Gasteiger partial charge in [-0.15, -0.1) is 0 Å². The first-order chi connectivity index (χ1) is 10.2. The molecular weight excluding hydrogens is 280 g/mol. The molecule has 2 heterocycles. The van der Waals surface area contributed by atoms with Gasteiger partial charge in [0.2, 0.25) is 0 Å². The van der Waals surface area contributed by atoms with E-state index in [4.69, 9.17) is 10.5 Å². The van der Waals surface area contributed by atoms with Gasteiger partial charge in [0.05, 0.1) is 6.61 Å². The van der Waals surface area contributed by atoms with Crippen LogP contribution in [0.4, 0.5) is 0 Å². The third-order valence-corrected chi connectivity index (χ3v) is 4.06. The summed E-state index contributed by atoms with van der Waals surface area (Å²) < 4.78 is 5.52. The smallest absolute Gasteiger partial charge is 0.121 e. The van der Waals surface area contributed by atoms with Gasteiger partial charge in [0.15, 0.2) is 0 Å². The van der Waals surface area contributed by atoms with E-state index < -0.39 is 5.54 Å². The molecule has 2 aromatic rings. The maximum atomic E-state index is 5.81. The first kappa shape index (κ1) is 13.9. The predicted molar refractivity (Wildman–Crippen MR) is 86.5 cm³/mol. The highest BCUT2D eigenvalue weighted by atomic mass is 32.1. The molecule has 0 spiro atoms. The highest BCUT2D eigenvalue weighted by molar-refractivity contribution is 7.08. The molecule has 1 aliphatic rings. The van der Waals surface area contributed by atoms with Crippen molar-refractivity contribution in [2.45, 2.75) is 12.5 Å². The van der Waals surface area contributed by atoms with E-state index in [1.807, 2.05) is 41.9 Å². The number of nitrogens with two attached hydrogens (primary N) is 1. The summed E-state index contributed by atoms with van der Waals surface area (Å²) >= 11 is 1.65. The van der Waals surface area contributed by atoms with Crippen molar-refractivity contribution < 1.29 is 4.74 Å². The van der Waals surface area contributed by atoms with Crippen molar-refractivity contribution in [3.8, 4) is 11.8 Å². The van der Waals surface area contributed by atoms with Gasteiger partial charge in [0, 0.05) is 16.5 Å². The van der Waals surface area contributed by atoms with E-state index in [1.54, 1.807) is 11.3 Å². The summed E-state index contributed by atoms with van der Waals surface area (Å²) in [7, 11) is 0. The van der Waals surface area contributed by atoms with E-state index in [-0.39, 0.29) is 0 Å². The van der Waals surface area contributed by atoms with Crippen LogP contribution in [0.1, 0.15) is 23.6 Å². The zero-order chi connectivity index (χ0) is 14.7. The second kappa shape index (κ2) is 5.72. The third kappa shape index (κ3) is 3.15. The molecule has 0 bridgehead atoms. The molecular formula is C17H16N2OS. The fourth-order valence-corrected chi connectivity index (χ4v) is 2.88. The molecule has 0 radical (unpaired) electrons. The largest absolute Gasteiger partial charge is 0.386 e. The van der Waals surface area contributed by atoms with Crippen molar-refractivity contribution in [2.24, 2.45) is 10.7 Å². The highest BCUT2D eigenvalue weighted by Gasteiger charge is 2.29. The number of ether oxygens (including phenoxy) is 1. The zero-order valence-corrected chi connectivity index (χ0v) is 12.6. The Morgan fingerprint density at radius 3 is 2.90 bits per heavy atom. The lowest BCUT2D eigenvalue weighted by Gasteiger charge is -2.30. The third-order valence-electron chi connectivity index (χ3n) is 3.38. The summed E-state index contributed by atoms with van der Waals surface area (Å²) in [4.78, 5) is 4.56. The molecule has 4 heteroatoms. The van der Waals surface area contributed by atoms with E-state index in [2.05, 4.69) is 22.9 Å². The van der Waals surface area contributed by atoms with Gasteiger partial charge < -0.3 is 10.5 Å². The van der Waals surface area contributed by atoms with Crippen molar-refractivity contribution in [2.75, 3.05) is 13.2 Å². The van der Waals surface area contributed by atoms with Gasteiger partial charge >= 0.3 is 0 Å². The molecule has 0 fully saturated rings. The number of aliphatic imine (C=N–C) groups is 1. The van der Waals surface area contributed by atoms with Gasteiger partial charge in [-0.25, -0.2) is 0 Å². The van der Waals surface area contributed by atoms with Crippen LogP contribution in [-0.2, 0) is 10.3 Å². The molecule has 0 saturated heterocycles. The summed E-state index contributed by atoms with van der Waals surface area (Å²) in [6.45, 7) is 2.98. The van der Waals surface area contributed by atoms with Crippen LogP contribution in [0, 0.1) is 11.8 Å². The van der Waals surface area contributed by atoms with E-state index in [0.717, 1.165) is 16.7 Å². The lowest BCUT2D eigenvalue weighted by atomic mass is 9.91. The Labute approximate surface area is 128 Å². The van der Waals surface area contributed by atoms with Gasteiger partial charge in [-0.3, -0.25) is 4.99 Å². The van der Waals surface area contributed by atoms with E-state index in [1.165, 1.54) is 0 Å². The lowest BCUT2D eigenvalue weighted by molar-refractivity contribution is 0.106. The highest BCUT2D eigenvalue weighted by Crippen LogP contribution is 2.28. The topological polar surface area (TPSA) is 47.6 Å². The number of amidine groups is 1. The lowest BCUT2D eigenvalue weighted by Crippen LogP contribution is -2.37.